The molecule has 0 aromatic carbocycles. The summed E-state index contributed by atoms with van der Waals surface area (Å²) in [5.74, 6) is 0. The number of likely N-dealkylation sites (N-methyl/N-ethyl adjacent to an activating group) is 1. The van der Waals surface area contributed by atoms with Crippen LogP contribution in [0.3, 0.4) is 0 Å². The summed E-state index contributed by atoms with van der Waals surface area (Å²) in [6.07, 6.45) is 5.54. The molecule has 0 amide bonds. The molecule has 2 fully saturated rings. The topological polar surface area (TPSA) is 33.7 Å². The van der Waals surface area contributed by atoms with E-state index >= 15 is 0 Å². The molecule has 106 valence electrons. The Morgan fingerprint density at radius 3 is 2.83 bits per heavy atom. The minimum absolute atomic E-state index is 0.358. The molecule has 18 heavy (non-hydrogen) atoms. The van der Waals surface area contributed by atoms with Crippen molar-refractivity contribution in [3.05, 3.63) is 0 Å². The Morgan fingerprint density at radius 2 is 2.06 bits per heavy atom. The molecule has 0 aromatic rings. The number of hydrogen-bond donors (Lipinski definition) is 1. The molecule has 3 unspecified atom stereocenters. The minimum atomic E-state index is 0.358. The molecule has 2 heterocycles. The Morgan fingerprint density at radius 1 is 1.22 bits per heavy atom. The lowest BCUT2D eigenvalue weighted by Crippen LogP contribution is -2.48. The van der Waals surface area contributed by atoms with Crippen LogP contribution >= 0.6 is 0 Å². The molecule has 2 saturated heterocycles. The SMILES string of the molecule is CCCC1CC(NCC2CN(C)CCO2)CCO1. The van der Waals surface area contributed by atoms with Gasteiger partial charge in [0.2, 0.25) is 0 Å². The Labute approximate surface area is 111 Å². The second-order valence-corrected chi connectivity index (χ2v) is 5.67. The van der Waals surface area contributed by atoms with Crippen molar-refractivity contribution in [3.63, 3.8) is 0 Å². The van der Waals surface area contributed by atoms with Crippen molar-refractivity contribution in [2.24, 2.45) is 0 Å². The smallest absolute Gasteiger partial charge is 0.0826 e. The van der Waals surface area contributed by atoms with E-state index in [-0.39, 0.29) is 0 Å². The van der Waals surface area contributed by atoms with Crippen molar-refractivity contribution in [2.45, 2.75) is 50.9 Å². The monoisotopic (exact) mass is 256 g/mol. The van der Waals surface area contributed by atoms with Crippen LogP contribution < -0.4 is 5.32 Å². The fraction of sp³-hybridized carbons (Fsp3) is 1.00. The Hall–Kier alpha value is -0.160. The third-order valence-electron chi connectivity index (χ3n) is 3.95. The average molecular weight is 256 g/mol. The van der Waals surface area contributed by atoms with E-state index in [1.54, 1.807) is 0 Å². The third kappa shape index (κ3) is 4.50. The van der Waals surface area contributed by atoms with Gasteiger partial charge in [0.05, 0.1) is 18.8 Å². The van der Waals surface area contributed by atoms with Crippen LogP contribution in [0.4, 0.5) is 0 Å². The molecule has 1 N–H and O–H groups in total. The predicted molar refractivity (Wildman–Crippen MR) is 72.9 cm³/mol. The summed E-state index contributed by atoms with van der Waals surface area (Å²) in [6.45, 7) is 7.10. The van der Waals surface area contributed by atoms with Gasteiger partial charge in [-0.3, -0.25) is 0 Å². The quantitative estimate of drug-likeness (QED) is 0.803. The molecule has 0 aromatic heterocycles. The van der Waals surface area contributed by atoms with Crippen molar-refractivity contribution in [1.82, 2.24) is 10.2 Å². The minimum Gasteiger partial charge on any atom is -0.378 e. The first-order valence-corrected chi connectivity index (χ1v) is 7.43. The number of nitrogens with zero attached hydrogens (tertiary/aromatic N) is 1. The summed E-state index contributed by atoms with van der Waals surface area (Å²) in [4.78, 5) is 2.35. The second-order valence-electron chi connectivity index (χ2n) is 5.67. The fourth-order valence-corrected chi connectivity index (χ4v) is 2.88. The molecular weight excluding hydrogens is 228 g/mol. The first-order valence-electron chi connectivity index (χ1n) is 7.43. The van der Waals surface area contributed by atoms with Gasteiger partial charge in [-0.1, -0.05) is 13.3 Å². The highest BCUT2D eigenvalue weighted by atomic mass is 16.5. The van der Waals surface area contributed by atoms with Crippen LogP contribution in [-0.2, 0) is 9.47 Å². The van der Waals surface area contributed by atoms with Gasteiger partial charge in [-0.15, -0.1) is 0 Å². The summed E-state index contributed by atoms with van der Waals surface area (Å²) in [7, 11) is 2.17. The Balaban J connectivity index is 1.66. The average Bonchev–Trinajstić information content (AvgIpc) is 2.37. The second kappa shape index (κ2) is 7.43. The van der Waals surface area contributed by atoms with Gasteiger partial charge < -0.3 is 19.7 Å². The van der Waals surface area contributed by atoms with E-state index in [9.17, 15) is 0 Å². The first kappa shape index (κ1) is 14.3. The number of ether oxygens (including phenoxy) is 2. The zero-order valence-electron chi connectivity index (χ0n) is 11.9. The van der Waals surface area contributed by atoms with E-state index in [1.807, 2.05) is 0 Å². The molecule has 4 nitrogen and oxygen atoms in total. The molecule has 4 heteroatoms. The molecule has 2 aliphatic rings. The molecule has 3 atom stereocenters. The van der Waals surface area contributed by atoms with Crippen LogP contribution in [0.2, 0.25) is 0 Å². The first-order chi connectivity index (χ1) is 8.78. The highest BCUT2D eigenvalue weighted by Crippen LogP contribution is 2.18. The molecule has 0 radical (unpaired) electrons. The molecule has 0 spiro atoms. The van der Waals surface area contributed by atoms with Gasteiger partial charge in [-0.25, -0.2) is 0 Å². The maximum atomic E-state index is 5.78. The van der Waals surface area contributed by atoms with Crippen LogP contribution in [-0.4, -0.2) is 63.0 Å². The van der Waals surface area contributed by atoms with E-state index < -0.39 is 0 Å². The number of morpholine rings is 1. The van der Waals surface area contributed by atoms with Crippen LogP contribution in [0, 0.1) is 0 Å². The number of nitrogens with one attached hydrogen (secondary N) is 1. The molecule has 0 bridgehead atoms. The molecule has 0 aliphatic carbocycles. The molecular formula is C14H28N2O2. The van der Waals surface area contributed by atoms with Crippen LogP contribution in [0.1, 0.15) is 32.6 Å². The summed E-state index contributed by atoms with van der Waals surface area (Å²) >= 11 is 0. The predicted octanol–water partition coefficient (Wildman–Crippen LogP) is 1.25. The van der Waals surface area contributed by atoms with Gasteiger partial charge in [0.1, 0.15) is 0 Å². The van der Waals surface area contributed by atoms with E-state index in [0.29, 0.717) is 18.2 Å². The van der Waals surface area contributed by atoms with E-state index in [0.717, 1.165) is 45.7 Å². The van der Waals surface area contributed by atoms with Gasteiger partial charge in [0, 0.05) is 32.3 Å². The zero-order chi connectivity index (χ0) is 12.8. The highest BCUT2D eigenvalue weighted by Gasteiger charge is 2.23. The zero-order valence-corrected chi connectivity index (χ0v) is 11.9. The van der Waals surface area contributed by atoms with E-state index in [2.05, 4.69) is 24.2 Å². The van der Waals surface area contributed by atoms with Crippen LogP contribution in [0.15, 0.2) is 0 Å². The Bertz CT molecular complexity index is 236. The van der Waals surface area contributed by atoms with Gasteiger partial charge in [0.25, 0.3) is 0 Å². The van der Waals surface area contributed by atoms with Gasteiger partial charge in [-0.2, -0.15) is 0 Å². The molecule has 0 saturated carbocycles. The fourth-order valence-electron chi connectivity index (χ4n) is 2.88. The van der Waals surface area contributed by atoms with Crippen molar-refractivity contribution < 1.29 is 9.47 Å². The summed E-state index contributed by atoms with van der Waals surface area (Å²) in [5.41, 5.74) is 0. The lowest BCUT2D eigenvalue weighted by molar-refractivity contribution is -0.0291. The summed E-state index contributed by atoms with van der Waals surface area (Å²) in [5, 5.41) is 3.67. The Kier molecular flexibility index (Phi) is 5.89. The molecule has 2 rings (SSSR count). The van der Waals surface area contributed by atoms with E-state index in [4.69, 9.17) is 9.47 Å². The summed E-state index contributed by atoms with van der Waals surface area (Å²) in [6, 6.07) is 0.617. The highest BCUT2D eigenvalue weighted by molar-refractivity contribution is 4.79. The largest absolute Gasteiger partial charge is 0.378 e. The number of rotatable bonds is 5. The van der Waals surface area contributed by atoms with Crippen LogP contribution in [0.25, 0.3) is 0 Å². The van der Waals surface area contributed by atoms with Crippen molar-refractivity contribution in [1.29, 1.82) is 0 Å². The third-order valence-corrected chi connectivity index (χ3v) is 3.95. The standard InChI is InChI=1S/C14H28N2O2/c1-3-4-13-9-12(5-7-17-13)15-10-14-11-16(2)6-8-18-14/h12-15H,3-11H2,1-2H3. The van der Waals surface area contributed by atoms with Crippen molar-refractivity contribution in [3.8, 4) is 0 Å². The van der Waals surface area contributed by atoms with Crippen LogP contribution in [0.5, 0.6) is 0 Å². The molecule has 2 aliphatic heterocycles. The van der Waals surface area contributed by atoms with Crippen molar-refractivity contribution in [2.75, 3.05) is 39.9 Å². The van der Waals surface area contributed by atoms with Gasteiger partial charge in [-0.05, 0) is 26.3 Å². The maximum Gasteiger partial charge on any atom is 0.0826 e. The lowest BCUT2D eigenvalue weighted by Gasteiger charge is -2.34. The van der Waals surface area contributed by atoms with Gasteiger partial charge >= 0.3 is 0 Å². The van der Waals surface area contributed by atoms with Gasteiger partial charge in [0.15, 0.2) is 0 Å². The maximum absolute atomic E-state index is 5.78. The van der Waals surface area contributed by atoms with E-state index in [1.165, 1.54) is 12.8 Å². The van der Waals surface area contributed by atoms with Crippen molar-refractivity contribution >= 4 is 0 Å². The lowest BCUT2D eigenvalue weighted by atomic mass is 10.00. The summed E-state index contributed by atoms with van der Waals surface area (Å²) < 4.78 is 11.6. The number of hydrogen-bond acceptors (Lipinski definition) is 4. The normalized spacial score (nSPS) is 34.7.